The van der Waals surface area contributed by atoms with Crippen molar-refractivity contribution in [2.75, 3.05) is 0 Å². The van der Waals surface area contributed by atoms with Gasteiger partial charge in [-0.2, -0.15) is 0 Å². The summed E-state index contributed by atoms with van der Waals surface area (Å²) < 4.78 is 14.0. The van der Waals surface area contributed by atoms with Crippen molar-refractivity contribution in [3.05, 3.63) is 35.6 Å². The van der Waals surface area contributed by atoms with Gasteiger partial charge in [-0.15, -0.1) is 0 Å². The van der Waals surface area contributed by atoms with Crippen LogP contribution in [0.4, 0.5) is 4.39 Å². The second-order valence-electron chi connectivity index (χ2n) is 6.70. The second-order valence-corrected chi connectivity index (χ2v) is 6.70. The molecule has 1 aromatic carbocycles. The maximum atomic E-state index is 14.0. The van der Waals surface area contributed by atoms with Gasteiger partial charge in [-0.25, -0.2) is 4.39 Å². The predicted octanol–water partition coefficient (Wildman–Crippen LogP) is 2.82. The van der Waals surface area contributed by atoms with E-state index >= 15 is 0 Å². The summed E-state index contributed by atoms with van der Waals surface area (Å²) in [5, 5.41) is 11.0. The Morgan fingerprint density at radius 1 is 1.29 bits per heavy atom. The lowest BCUT2D eigenvalue weighted by molar-refractivity contribution is -0.145. The molecule has 1 amide bonds. The summed E-state index contributed by atoms with van der Waals surface area (Å²) in [4.78, 5) is 14.3. The van der Waals surface area contributed by atoms with Gasteiger partial charge < -0.3 is 10.0 Å². The third kappa shape index (κ3) is 2.35. The molecule has 21 heavy (non-hydrogen) atoms. The molecule has 2 heterocycles. The smallest absolute Gasteiger partial charge is 0.225 e. The highest BCUT2D eigenvalue weighted by molar-refractivity contribution is 5.79. The van der Waals surface area contributed by atoms with Gasteiger partial charge in [0.2, 0.25) is 5.91 Å². The largest absolute Gasteiger partial charge is 0.385 e. The highest BCUT2D eigenvalue weighted by atomic mass is 19.1. The van der Waals surface area contributed by atoms with Crippen LogP contribution in [-0.2, 0) is 10.4 Å². The zero-order valence-electron chi connectivity index (χ0n) is 12.6. The highest BCUT2D eigenvalue weighted by Crippen LogP contribution is 2.46. The third-order valence-electron chi connectivity index (χ3n) is 4.89. The molecule has 4 heteroatoms. The minimum Gasteiger partial charge on any atom is -0.385 e. The monoisotopic (exact) mass is 291 g/mol. The van der Waals surface area contributed by atoms with Crippen molar-refractivity contribution in [3.8, 4) is 0 Å². The van der Waals surface area contributed by atoms with Crippen molar-refractivity contribution < 1.29 is 14.3 Å². The van der Waals surface area contributed by atoms with Crippen molar-refractivity contribution in [3.63, 3.8) is 0 Å². The maximum Gasteiger partial charge on any atom is 0.225 e. The molecule has 2 bridgehead atoms. The molecule has 1 aromatic rings. The van der Waals surface area contributed by atoms with E-state index in [1.165, 1.54) is 6.07 Å². The van der Waals surface area contributed by atoms with Crippen molar-refractivity contribution in [2.24, 2.45) is 5.92 Å². The number of benzene rings is 1. The van der Waals surface area contributed by atoms with E-state index in [1.807, 2.05) is 18.7 Å². The van der Waals surface area contributed by atoms with Gasteiger partial charge in [0.1, 0.15) is 5.82 Å². The van der Waals surface area contributed by atoms with E-state index in [0.29, 0.717) is 18.4 Å². The molecule has 2 aliphatic heterocycles. The topological polar surface area (TPSA) is 40.5 Å². The molecule has 1 N–H and O–H groups in total. The van der Waals surface area contributed by atoms with Crippen molar-refractivity contribution in [1.29, 1.82) is 0 Å². The van der Waals surface area contributed by atoms with Gasteiger partial charge in [0.15, 0.2) is 0 Å². The van der Waals surface area contributed by atoms with Crippen LogP contribution in [0.25, 0.3) is 0 Å². The van der Waals surface area contributed by atoms with E-state index < -0.39 is 5.60 Å². The molecule has 2 atom stereocenters. The summed E-state index contributed by atoms with van der Waals surface area (Å²) >= 11 is 0. The van der Waals surface area contributed by atoms with Gasteiger partial charge in [-0.3, -0.25) is 4.79 Å². The lowest BCUT2D eigenvalue weighted by Gasteiger charge is -2.44. The first-order chi connectivity index (χ1) is 9.92. The minimum atomic E-state index is -1.15. The molecule has 3 nitrogen and oxygen atoms in total. The van der Waals surface area contributed by atoms with Crippen LogP contribution in [0.2, 0.25) is 0 Å². The molecule has 0 spiro atoms. The summed E-state index contributed by atoms with van der Waals surface area (Å²) in [5.41, 5.74) is -0.774. The lowest BCUT2D eigenvalue weighted by atomic mass is 9.80. The Bertz CT molecular complexity index is 543. The number of nitrogens with zero attached hydrogens (tertiary/aromatic N) is 1. The van der Waals surface area contributed by atoms with Gasteiger partial charge in [0, 0.05) is 36.4 Å². The number of amides is 1. The fourth-order valence-corrected chi connectivity index (χ4v) is 3.94. The molecular weight excluding hydrogens is 269 g/mol. The first-order valence-corrected chi connectivity index (χ1v) is 7.72. The van der Waals surface area contributed by atoms with Gasteiger partial charge in [0.25, 0.3) is 0 Å². The molecule has 0 saturated carbocycles. The van der Waals surface area contributed by atoms with E-state index in [1.54, 1.807) is 18.2 Å². The Kier molecular flexibility index (Phi) is 3.52. The Balaban J connectivity index is 1.89. The van der Waals surface area contributed by atoms with Crippen LogP contribution in [0.15, 0.2) is 24.3 Å². The zero-order valence-corrected chi connectivity index (χ0v) is 12.6. The van der Waals surface area contributed by atoms with Crippen molar-refractivity contribution >= 4 is 5.91 Å². The predicted molar refractivity (Wildman–Crippen MR) is 78.0 cm³/mol. The number of carbonyl (C=O) groups is 1. The summed E-state index contributed by atoms with van der Waals surface area (Å²) in [6.45, 7) is 3.80. The van der Waals surface area contributed by atoms with Crippen LogP contribution in [0, 0.1) is 11.7 Å². The van der Waals surface area contributed by atoms with E-state index in [-0.39, 0.29) is 29.7 Å². The number of piperidine rings is 1. The molecule has 114 valence electrons. The minimum absolute atomic E-state index is 0.0308. The fraction of sp³-hybridized carbons (Fsp3) is 0.588. The molecule has 2 fully saturated rings. The highest BCUT2D eigenvalue weighted by Gasteiger charge is 2.50. The SMILES string of the molecule is CC(C)C(=O)N1C2CCC1CC(O)(c1ccccc1F)C2. The second kappa shape index (κ2) is 5.09. The maximum absolute atomic E-state index is 14.0. The van der Waals surface area contributed by atoms with Crippen LogP contribution in [0.5, 0.6) is 0 Å². The Morgan fingerprint density at radius 3 is 2.38 bits per heavy atom. The summed E-state index contributed by atoms with van der Waals surface area (Å²) in [6.07, 6.45) is 2.67. The number of aliphatic hydroxyl groups is 1. The summed E-state index contributed by atoms with van der Waals surface area (Å²) in [7, 11) is 0. The standard InChI is InChI=1S/C17H22FNO2/c1-11(2)16(20)19-12-7-8-13(19)10-17(21,9-12)14-5-3-4-6-15(14)18/h3-6,11-13,21H,7-10H2,1-2H3. The Labute approximate surface area is 124 Å². The van der Waals surface area contributed by atoms with Crippen LogP contribution in [0.1, 0.15) is 45.1 Å². The van der Waals surface area contributed by atoms with E-state index in [0.717, 1.165) is 12.8 Å². The number of hydrogen-bond acceptors (Lipinski definition) is 2. The van der Waals surface area contributed by atoms with Crippen LogP contribution in [-0.4, -0.2) is 28.0 Å². The average Bonchev–Trinajstić information content (AvgIpc) is 2.71. The van der Waals surface area contributed by atoms with Crippen LogP contribution in [0.3, 0.4) is 0 Å². The first kappa shape index (κ1) is 14.5. The van der Waals surface area contributed by atoms with E-state index in [4.69, 9.17) is 0 Å². The number of fused-ring (bicyclic) bond motifs is 2. The van der Waals surface area contributed by atoms with Gasteiger partial charge in [-0.05, 0) is 18.9 Å². The molecule has 3 rings (SSSR count). The molecule has 2 aliphatic rings. The molecule has 2 saturated heterocycles. The first-order valence-electron chi connectivity index (χ1n) is 7.72. The fourth-order valence-electron chi connectivity index (χ4n) is 3.94. The Hall–Kier alpha value is -1.42. The van der Waals surface area contributed by atoms with Crippen molar-refractivity contribution in [2.45, 2.75) is 57.2 Å². The molecule has 0 aromatic heterocycles. The third-order valence-corrected chi connectivity index (χ3v) is 4.89. The van der Waals surface area contributed by atoms with Crippen LogP contribution >= 0.6 is 0 Å². The van der Waals surface area contributed by atoms with Gasteiger partial charge >= 0.3 is 0 Å². The molecule has 0 aliphatic carbocycles. The van der Waals surface area contributed by atoms with Gasteiger partial charge in [0.05, 0.1) is 5.60 Å². The molecule has 0 radical (unpaired) electrons. The summed E-state index contributed by atoms with van der Waals surface area (Å²) in [5.74, 6) is -0.242. The van der Waals surface area contributed by atoms with Gasteiger partial charge in [-0.1, -0.05) is 32.0 Å². The molecule has 2 unspecified atom stereocenters. The van der Waals surface area contributed by atoms with E-state index in [2.05, 4.69) is 0 Å². The lowest BCUT2D eigenvalue weighted by Crippen LogP contribution is -2.53. The van der Waals surface area contributed by atoms with Crippen LogP contribution < -0.4 is 0 Å². The number of halogens is 1. The number of rotatable bonds is 2. The number of carbonyl (C=O) groups excluding carboxylic acids is 1. The van der Waals surface area contributed by atoms with Crippen molar-refractivity contribution in [1.82, 2.24) is 4.90 Å². The van der Waals surface area contributed by atoms with E-state index in [9.17, 15) is 14.3 Å². The zero-order chi connectivity index (χ0) is 15.2. The molecular formula is C17H22FNO2. The Morgan fingerprint density at radius 2 is 1.86 bits per heavy atom. The quantitative estimate of drug-likeness (QED) is 0.910. The normalized spacial score (nSPS) is 31.8. The summed E-state index contributed by atoms with van der Waals surface area (Å²) in [6, 6.07) is 6.50. The number of hydrogen-bond donors (Lipinski definition) is 1. The average molecular weight is 291 g/mol.